The molecule has 10 heteroatoms. The maximum Gasteiger partial charge on any atom is 0.252 e. The van der Waals surface area contributed by atoms with Crippen LogP contribution in [0.1, 0.15) is 34.1 Å². The Morgan fingerprint density at radius 2 is 2.10 bits per heavy atom. The first-order valence-electron chi connectivity index (χ1n) is 9.64. The van der Waals surface area contributed by atoms with Crippen LogP contribution in [0.15, 0.2) is 42.6 Å². The number of hydrogen-bond acceptors (Lipinski definition) is 5. The standard InChI is InChI=1S/C20H22FN5O3S/c1-30(28,29)25-10-8-15(12-25)19-24-23-18-6-5-16(13-26(18)19)20(27)22-9-7-14-3-2-4-17(21)11-14/h2-6,11,13,15H,7-10,12H2,1H3,(H,22,27). The van der Waals surface area contributed by atoms with Crippen LogP contribution in [0.5, 0.6) is 0 Å². The second-order valence-corrected chi connectivity index (χ2v) is 9.43. The normalized spacial score (nSPS) is 17.5. The van der Waals surface area contributed by atoms with Gasteiger partial charge in [-0.1, -0.05) is 12.1 Å². The fourth-order valence-electron chi connectivity index (χ4n) is 3.68. The molecule has 1 aromatic carbocycles. The number of rotatable bonds is 6. The lowest BCUT2D eigenvalue weighted by molar-refractivity contribution is 0.0953. The van der Waals surface area contributed by atoms with E-state index in [0.29, 0.717) is 49.5 Å². The largest absolute Gasteiger partial charge is 0.352 e. The summed E-state index contributed by atoms with van der Waals surface area (Å²) in [5, 5.41) is 11.2. The van der Waals surface area contributed by atoms with Crippen LogP contribution in [0.4, 0.5) is 4.39 Å². The lowest BCUT2D eigenvalue weighted by Crippen LogP contribution is -2.27. The zero-order valence-electron chi connectivity index (χ0n) is 16.5. The fourth-order valence-corrected chi connectivity index (χ4v) is 4.56. The van der Waals surface area contributed by atoms with Gasteiger partial charge in [0.2, 0.25) is 10.0 Å². The number of halogens is 1. The molecular weight excluding hydrogens is 409 g/mol. The molecule has 0 saturated carbocycles. The number of aromatic nitrogens is 3. The van der Waals surface area contributed by atoms with E-state index in [1.807, 2.05) is 6.07 Å². The van der Waals surface area contributed by atoms with Gasteiger partial charge in [0.1, 0.15) is 11.6 Å². The van der Waals surface area contributed by atoms with Gasteiger partial charge in [0, 0.05) is 31.7 Å². The summed E-state index contributed by atoms with van der Waals surface area (Å²) in [7, 11) is -3.25. The lowest BCUT2D eigenvalue weighted by Gasteiger charge is -2.12. The van der Waals surface area contributed by atoms with Crippen LogP contribution in [0.2, 0.25) is 0 Å². The van der Waals surface area contributed by atoms with Gasteiger partial charge < -0.3 is 5.32 Å². The molecule has 1 amide bonds. The third-order valence-corrected chi connectivity index (χ3v) is 6.53. The molecule has 30 heavy (non-hydrogen) atoms. The molecular formula is C20H22FN5O3S. The van der Waals surface area contributed by atoms with Crippen LogP contribution in [0, 0.1) is 5.82 Å². The molecule has 1 unspecified atom stereocenters. The second kappa shape index (κ2) is 8.11. The van der Waals surface area contributed by atoms with E-state index in [9.17, 15) is 17.6 Å². The number of benzene rings is 1. The summed E-state index contributed by atoms with van der Waals surface area (Å²) in [4.78, 5) is 12.6. The highest BCUT2D eigenvalue weighted by Gasteiger charge is 2.32. The number of hydrogen-bond donors (Lipinski definition) is 1. The predicted molar refractivity (Wildman–Crippen MR) is 109 cm³/mol. The molecule has 3 aromatic rings. The predicted octanol–water partition coefficient (Wildman–Crippen LogP) is 1.59. The number of carbonyl (C=O) groups excluding carboxylic acids is 1. The second-order valence-electron chi connectivity index (χ2n) is 7.45. The maximum atomic E-state index is 13.3. The summed E-state index contributed by atoms with van der Waals surface area (Å²) in [6.45, 7) is 1.17. The third-order valence-electron chi connectivity index (χ3n) is 5.26. The van der Waals surface area contributed by atoms with E-state index in [2.05, 4.69) is 15.5 Å². The quantitative estimate of drug-likeness (QED) is 0.639. The zero-order chi connectivity index (χ0) is 21.3. The first kappa shape index (κ1) is 20.4. The lowest BCUT2D eigenvalue weighted by atomic mass is 10.1. The van der Waals surface area contributed by atoms with Crippen molar-refractivity contribution in [1.29, 1.82) is 0 Å². The monoisotopic (exact) mass is 431 g/mol. The topological polar surface area (TPSA) is 96.7 Å². The smallest absolute Gasteiger partial charge is 0.252 e. The highest BCUT2D eigenvalue weighted by atomic mass is 32.2. The average Bonchev–Trinajstić information content (AvgIpc) is 3.34. The van der Waals surface area contributed by atoms with E-state index in [-0.39, 0.29) is 17.6 Å². The number of pyridine rings is 1. The number of fused-ring (bicyclic) bond motifs is 1. The van der Waals surface area contributed by atoms with Crippen molar-refractivity contribution in [3.05, 3.63) is 65.4 Å². The molecule has 0 spiro atoms. The van der Waals surface area contributed by atoms with Gasteiger partial charge in [-0.05, 0) is 42.7 Å². The van der Waals surface area contributed by atoms with Gasteiger partial charge in [0.15, 0.2) is 5.65 Å². The third kappa shape index (κ3) is 4.34. The molecule has 4 rings (SSSR count). The van der Waals surface area contributed by atoms with Gasteiger partial charge in [-0.25, -0.2) is 17.1 Å². The summed E-state index contributed by atoms with van der Waals surface area (Å²) in [5.41, 5.74) is 1.85. The van der Waals surface area contributed by atoms with Gasteiger partial charge in [-0.2, -0.15) is 0 Å². The van der Waals surface area contributed by atoms with Crippen LogP contribution in [0.3, 0.4) is 0 Å². The van der Waals surface area contributed by atoms with Crippen LogP contribution < -0.4 is 5.32 Å². The van der Waals surface area contributed by atoms with E-state index in [1.54, 1.807) is 28.8 Å². The molecule has 1 atom stereocenters. The van der Waals surface area contributed by atoms with E-state index < -0.39 is 10.0 Å². The number of sulfonamides is 1. The van der Waals surface area contributed by atoms with Crippen LogP contribution in [-0.2, 0) is 16.4 Å². The van der Waals surface area contributed by atoms with Crippen molar-refractivity contribution in [3.63, 3.8) is 0 Å². The van der Waals surface area contributed by atoms with Gasteiger partial charge in [0.05, 0.1) is 11.8 Å². The average molecular weight is 431 g/mol. The van der Waals surface area contributed by atoms with E-state index in [1.165, 1.54) is 22.7 Å². The molecule has 0 bridgehead atoms. The first-order valence-corrected chi connectivity index (χ1v) is 11.5. The summed E-state index contributed by atoms with van der Waals surface area (Å²) in [5.74, 6) is 0.00878. The van der Waals surface area contributed by atoms with Gasteiger partial charge in [-0.15, -0.1) is 10.2 Å². The van der Waals surface area contributed by atoms with Crippen LogP contribution in [0.25, 0.3) is 5.65 Å². The minimum Gasteiger partial charge on any atom is -0.352 e. The number of nitrogens with zero attached hydrogens (tertiary/aromatic N) is 4. The summed E-state index contributed by atoms with van der Waals surface area (Å²) in [6, 6.07) is 9.66. The Bertz CT molecular complexity index is 1190. The van der Waals surface area contributed by atoms with Crippen molar-refractivity contribution < 1.29 is 17.6 Å². The van der Waals surface area contributed by atoms with Crippen molar-refractivity contribution in [2.24, 2.45) is 0 Å². The highest BCUT2D eigenvalue weighted by Crippen LogP contribution is 2.27. The Kier molecular flexibility index (Phi) is 5.52. The molecule has 8 nitrogen and oxygen atoms in total. The first-order chi connectivity index (χ1) is 14.3. The van der Waals surface area contributed by atoms with E-state index in [0.717, 1.165) is 5.56 Å². The summed E-state index contributed by atoms with van der Waals surface area (Å²) in [6.07, 6.45) is 4.04. The maximum absolute atomic E-state index is 13.3. The molecule has 2 aromatic heterocycles. The number of amides is 1. The molecule has 1 fully saturated rings. The highest BCUT2D eigenvalue weighted by molar-refractivity contribution is 7.88. The molecule has 1 aliphatic rings. The summed E-state index contributed by atoms with van der Waals surface area (Å²) < 4.78 is 40.0. The zero-order valence-corrected chi connectivity index (χ0v) is 17.3. The van der Waals surface area contributed by atoms with Crippen molar-refractivity contribution in [3.8, 4) is 0 Å². The Morgan fingerprint density at radius 1 is 1.27 bits per heavy atom. The van der Waals surface area contributed by atoms with E-state index in [4.69, 9.17) is 0 Å². The Balaban J connectivity index is 1.46. The summed E-state index contributed by atoms with van der Waals surface area (Å²) >= 11 is 0. The minimum absolute atomic E-state index is 0.0824. The number of carbonyl (C=O) groups is 1. The number of nitrogens with one attached hydrogen (secondary N) is 1. The molecule has 0 aliphatic carbocycles. The molecule has 3 heterocycles. The Morgan fingerprint density at radius 3 is 2.83 bits per heavy atom. The minimum atomic E-state index is -3.25. The molecule has 1 aliphatic heterocycles. The Labute approximate surface area is 173 Å². The van der Waals surface area contributed by atoms with Gasteiger partial charge in [-0.3, -0.25) is 9.20 Å². The SMILES string of the molecule is CS(=O)(=O)N1CCC(c2nnc3ccc(C(=O)NCCc4cccc(F)c4)cn23)C1. The van der Waals surface area contributed by atoms with Crippen molar-refractivity contribution in [2.75, 3.05) is 25.9 Å². The van der Waals surface area contributed by atoms with Crippen molar-refractivity contribution in [2.45, 2.75) is 18.8 Å². The van der Waals surface area contributed by atoms with Crippen LogP contribution >= 0.6 is 0 Å². The van der Waals surface area contributed by atoms with Gasteiger partial charge >= 0.3 is 0 Å². The molecule has 0 radical (unpaired) electrons. The Hall–Kier alpha value is -2.85. The van der Waals surface area contributed by atoms with Crippen molar-refractivity contribution in [1.82, 2.24) is 24.2 Å². The van der Waals surface area contributed by atoms with E-state index >= 15 is 0 Å². The molecule has 158 valence electrons. The van der Waals surface area contributed by atoms with Crippen molar-refractivity contribution >= 4 is 21.6 Å². The molecule has 1 N–H and O–H groups in total. The van der Waals surface area contributed by atoms with Crippen LogP contribution in [-0.4, -0.2) is 59.1 Å². The molecule has 1 saturated heterocycles. The van der Waals surface area contributed by atoms with Gasteiger partial charge in [0.25, 0.3) is 5.91 Å². The fraction of sp³-hybridized carbons (Fsp3) is 0.350.